The second-order valence-electron chi connectivity index (χ2n) is 25.4. The fourth-order valence-electron chi connectivity index (χ4n) is 26.6. The highest BCUT2D eigenvalue weighted by Crippen LogP contribution is 2.93. The highest BCUT2D eigenvalue weighted by atomic mass is 32.1. The molecule has 1 aliphatic heterocycles. The third-order valence-electron chi connectivity index (χ3n) is 25.6. The maximum Gasteiger partial charge on any atom is 0.0700 e. The summed E-state index contributed by atoms with van der Waals surface area (Å²) in [5.74, 6) is 27.9. The highest BCUT2D eigenvalue weighted by molar-refractivity contribution is 7.21. The van der Waals surface area contributed by atoms with E-state index in [9.17, 15) is 0 Å². The van der Waals surface area contributed by atoms with E-state index in [2.05, 4.69) is 68.2 Å². The molecular weight excluding hydrogens is 759 g/mol. The summed E-state index contributed by atoms with van der Waals surface area (Å²) in [5, 5.41) is 2.30. The van der Waals surface area contributed by atoms with Gasteiger partial charge in [0.25, 0.3) is 0 Å². The SMILES string of the molecule is COCCOCCN1CC2C3=C4C5C6=C(C3)CC3CC7CC8CC9CC%10CC%11CC2(C2C4C4C5C5C(C63)C7C3C8C9C6C%10C(C4C6C35)C%112)C1c1ccc(-c2cccs2)s1. The summed E-state index contributed by atoms with van der Waals surface area (Å²) in [7, 11) is 1.82. The molecule has 1 spiro atoms. The van der Waals surface area contributed by atoms with Crippen LogP contribution in [0.25, 0.3) is 9.75 Å². The van der Waals surface area contributed by atoms with Gasteiger partial charge in [0.2, 0.25) is 0 Å². The minimum Gasteiger partial charge on any atom is -0.382 e. The van der Waals surface area contributed by atoms with E-state index in [1.54, 1.807) is 43.4 Å². The molecule has 0 amide bonds. The van der Waals surface area contributed by atoms with Gasteiger partial charge in [-0.3, -0.25) is 4.90 Å². The largest absolute Gasteiger partial charge is 0.382 e. The predicted octanol–water partition coefficient (Wildman–Crippen LogP) is 10.4. The Morgan fingerprint density at radius 3 is 2.15 bits per heavy atom. The van der Waals surface area contributed by atoms with Crippen molar-refractivity contribution in [1.82, 2.24) is 4.90 Å². The van der Waals surface area contributed by atoms with Gasteiger partial charge in [-0.1, -0.05) is 28.4 Å². The number of fused-ring (bicyclic) bond motifs is 1. The first-order valence-corrected chi connectivity index (χ1v) is 27.3. The number of allylic oxidation sites excluding steroid dienone is 3. The van der Waals surface area contributed by atoms with Crippen molar-refractivity contribution in [2.45, 2.75) is 57.4 Å². The Morgan fingerprint density at radius 2 is 1.36 bits per heavy atom. The molecule has 28 unspecified atom stereocenters. The van der Waals surface area contributed by atoms with Crippen LogP contribution in [0.4, 0.5) is 0 Å². The molecule has 59 heavy (non-hydrogen) atoms. The van der Waals surface area contributed by atoms with Crippen LogP contribution in [0, 0.1) is 159 Å². The average molecular weight is 820 g/mol. The summed E-state index contributed by atoms with van der Waals surface area (Å²) in [4.78, 5) is 7.85. The molecule has 5 heteroatoms. The van der Waals surface area contributed by atoms with Crippen molar-refractivity contribution in [1.29, 1.82) is 0 Å². The molecular formula is C54H61NO2S2. The van der Waals surface area contributed by atoms with Crippen LogP contribution in [0.15, 0.2) is 51.9 Å². The lowest BCUT2D eigenvalue weighted by molar-refractivity contribution is -0.149. The van der Waals surface area contributed by atoms with Crippen molar-refractivity contribution in [2.75, 3.05) is 40.0 Å². The summed E-state index contributed by atoms with van der Waals surface area (Å²) in [6, 6.07) is 10.5. The Bertz CT molecular complexity index is 2360. The van der Waals surface area contributed by atoms with Crippen molar-refractivity contribution < 1.29 is 9.47 Å². The normalized spacial score (nSPS) is 62.8. The molecule has 3 heterocycles. The summed E-state index contributed by atoms with van der Waals surface area (Å²) in [6.07, 6.45) is 12.9. The monoisotopic (exact) mass is 819 g/mol. The van der Waals surface area contributed by atoms with Crippen molar-refractivity contribution in [3.8, 4) is 9.75 Å². The third-order valence-corrected chi connectivity index (χ3v) is 27.8. The first-order chi connectivity index (χ1) is 29.2. The van der Waals surface area contributed by atoms with Crippen LogP contribution in [-0.2, 0) is 9.47 Å². The van der Waals surface area contributed by atoms with Crippen LogP contribution in [0.1, 0.15) is 62.3 Å². The van der Waals surface area contributed by atoms with Crippen molar-refractivity contribution in [2.24, 2.45) is 159 Å². The van der Waals surface area contributed by atoms with E-state index in [4.69, 9.17) is 9.47 Å². The first-order valence-electron chi connectivity index (χ1n) is 25.6. The number of methoxy groups -OCH3 is 1. The van der Waals surface area contributed by atoms with Gasteiger partial charge in [0.05, 0.1) is 25.9 Å². The molecule has 0 N–H and O–H groups in total. The Balaban J connectivity index is 0.872. The summed E-state index contributed by atoms with van der Waals surface area (Å²) >= 11 is 4.17. The van der Waals surface area contributed by atoms with Crippen molar-refractivity contribution in [3.63, 3.8) is 0 Å². The molecule has 0 aromatic carbocycles. The number of ether oxygens (including phenoxy) is 2. The Kier molecular flexibility index (Phi) is 5.59. The zero-order chi connectivity index (χ0) is 37.3. The molecule has 13 saturated carbocycles. The van der Waals surface area contributed by atoms with E-state index in [1.165, 1.54) is 46.9 Å². The molecule has 16 aliphatic carbocycles. The van der Waals surface area contributed by atoms with E-state index >= 15 is 0 Å². The molecule has 2 aromatic heterocycles. The first kappa shape index (κ1) is 32.4. The molecule has 1 saturated heterocycles. The van der Waals surface area contributed by atoms with Crippen LogP contribution >= 0.6 is 22.7 Å². The van der Waals surface area contributed by atoms with E-state index in [1.807, 2.05) is 18.4 Å². The van der Waals surface area contributed by atoms with Gasteiger partial charge in [-0.2, -0.15) is 0 Å². The lowest BCUT2D eigenvalue weighted by Crippen LogP contribution is -2.59. The minimum atomic E-state index is 0.409. The Labute approximate surface area is 358 Å². The minimum absolute atomic E-state index is 0.409. The quantitative estimate of drug-likeness (QED) is 0.196. The lowest BCUT2D eigenvalue weighted by atomic mass is 9.42. The fourth-order valence-corrected chi connectivity index (χ4v) is 28.7. The lowest BCUT2D eigenvalue weighted by Gasteiger charge is -2.62. The summed E-state index contributed by atoms with van der Waals surface area (Å²) in [5.41, 5.74) is 9.10. The van der Waals surface area contributed by atoms with Gasteiger partial charge in [-0.05, 0) is 217 Å². The maximum absolute atomic E-state index is 6.44. The van der Waals surface area contributed by atoms with Crippen molar-refractivity contribution in [3.05, 3.63) is 56.8 Å². The smallest absolute Gasteiger partial charge is 0.0700 e. The predicted molar refractivity (Wildman–Crippen MR) is 229 cm³/mol. The van der Waals surface area contributed by atoms with Gasteiger partial charge < -0.3 is 9.47 Å². The van der Waals surface area contributed by atoms with Gasteiger partial charge in [-0.25, -0.2) is 0 Å². The second-order valence-corrected chi connectivity index (χ2v) is 27.5. The Hall–Kier alpha value is -1.24. The molecule has 28 atom stereocenters. The van der Waals surface area contributed by atoms with Gasteiger partial charge in [0.15, 0.2) is 0 Å². The van der Waals surface area contributed by atoms with Crippen LogP contribution < -0.4 is 0 Å². The third kappa shape index (κ3) is 3.14. The molecule has 17 aliphatic rings. The molecule has 0 bridgehead atoms. The van der Waals surface area contributed by atoms with Crippen LogP contribution in [0.2, 0.25) is 0 Å². The second kappa shape index (κ2) is 10.2. The number of rotatable bonds is 8. The van der Waals surface area contributed by atoms with Crippen LogP contribution in [0.5, 0.6) is 0 Å². The van der Waals surface area contributed by atoms with Crippen LogP contribution in [0.3, 0.4) is 0 Å². The zero-order valence-corrected chi connectivity index (χ0v) is 36.4. The van der Waals surface area contributed by atoms with Crippen LogP contribution in [-0.4, -0.2) is 44.9 Å². The number of nitrogens with zero attached hydrogens (tertiary/aromatic N) is 1. The molecule has 306 valence electrons. The molecule has 0 radical (unpaired) electrons. The van der Waals surface area contributed by atoms with Gasteiger partial charge in [-0.15, -0.1) is 22.7 Å². The topological polar surface area (TPSA) is 21.7 Å². The molecule has 3 nitrogen and oxygen atoms in total. The van der Waals surface area contributed by atoms with E-state index in [-0.39, 0.29) is 0 Å². The molecule has 14 fully saturated rings. The van der Waals surface area contributed by atoms with E-state index in [0.717, 1.165) is 156 Å². The van der Waals surface area contributed by atoms with E-state index in [0.29, 0.717) is 18.1 Å². The van der Waals surface area contributed by atoms with E-state index < -0.39 is 0 Å². The van der Waals surface area contributed by atoms with Crippen molar-refractivity contribution >= 4 is 22.7 Å². The van der Waals surface area contributed by atoms with Gasteiger partial charge >= 0.3 is 0 Å². The molecule has 2 aromatic rings. The average Bonchev–Trinajstić information content (AvgIpc) is 4.09. The maximum atomic E-state index is 6.44. The fraction of sp³-hybridized carbons (Fsp3) is 0.778. The highest BCUT2D eigenvalue weighted by Gasteiger charge is 2.88. The number of thiophene rings is 2. The Morgan fingerprint density at radius 1 is 0.661 bits per heavy atom. The number of hydrogen-bond acceptors (Lipinski definition) is 5. The zero-order valence-electron chi connectivity index (χ0n) is 34.7. The number of likely N-dealkylation sites (tertiary alicyclic amines) is 1. The number of hydrogen-bond donors (Lipinski definition) is 0. The molecule has 19 rings (SSSR count). The van der Waals surface area contributed by atoms with Gasteiger partial charge in [0.1, 0.15) is 0 Å². The van der Waals surface area contributed by atoms with Gasteiger partial charge in [0, 0.05) is 52.1 Å². The standard InChI is InChI=1S/C54H61NO2S2/c1-56-8-9-57-7-6-55-19-28-27-17-25-15-22-13-23-12-20-11-21-14-24-16-26-18-54(28,53(55)31-5-4-30(59-31)29-3-2-10-58-29)52-38(26)43-37(24)42-33(21)32(20)40-36(23)41-34(22)35(25)44-39(27)51(52)50-48(43)46(42)45(40)47(41)49(44)50/h2-5,10,20-24,26,28,32-34,36-38,40-53H,6-9,11-19H2,1H3. The summed E-state index contributed by atoms with van der Waals surface area (Å²) < 4.78 is 11.9. The summed E-state index contributed by atoms with van der Waals surface area (Å²) in [6.45, 7) is 4.68.